The van der Waals surface area contributed by atoms with Crippen LogP contribution in [0.25, 0.3) is 17.2 Å². The van der Waals surface area contributed by atoms with Crippen LogP contribution in [0.3, 0.4) is 0 Å². The summed E-state index contributed by atoms with van der Waals surface area (Å²) in [4.78, 5) is 22.0. The molecule has 0 spiro atoms. The minimum atomic E-state index is -0.598. The molecule has 0 atom stereocenters. The Morgan fingerprint density at radius 1 is 1.18 bits per heavy atom. The third-order valence-electron chi connectivity index (χ3n) is 5.89. The van der Waals surface area contributed by atoms with E-state index in [1.54, 1.807) is 37.8 Å². The number of aryl methyl sites for hydroxylation is 1. The highest BCUT2D eigenvalue weighted by atomic mass is 19.1. The number of carbonyl (C=O) groups is 1. The fourth-order valence-corrected chi connectivity index (χ4v) is 3.81. The molecule has 0 saturated heterocycles. The van der Waals surface area contributed by atoms with Gasteiger partial charge in [-0.25, -0.2) is 14.4 Å². The normalized spacial score (nSPS) is 13.8. The molecule has 1 aliphatic carbocycles. The molecule has 1 saturated carbocycles. The maximum Gasteiger partial charge on any atom is 0.259 e. The first-order chi connectivity index (χ1) is 16.2. The van der Waals surface area contributed by atoms with Crippen molar-refractivity contribution in [1.82, 2.24) is 29.3 Å². The molecule has 0 aliphatic heterocycles. The van der Waals surface area contributed by atoms with Gasteiger partial charge in [0.2, 0.25) is 0 Å². The van der Waals surface area contributed by atoms with E-state index in [2.05, 4.69) is 46.3 Å². The molecular weight excluding hydrogens is 433 g/mol. The van der Waals surface area contributed by atoms with Crippen molar-refractivity contribution in [2.75, 3.05) is 5.32 Å². The van der Waals surface area contributed by atoms with Gasteiger partial charge in [-0.3, -0.25) is 4.79 Å². The Labute approximate surface area is 196 Å². The third-order valence-corrected chi connectivity index (χ3v) is 5.89. The molecule has 0 bridgehead atoms. The van der Waals surface area contributed by atoms with E-state index in [1.807, 2.05) is 21.4 Å². The number of rotatable bonds is 5. The molecule has 1 aromatic carbocycles. The average molecular weight is 460 g/mol. The highest BCUT2D eigenvalue weighted by molar-refractivity contribution is 6.04. The summed E-state index contributed by atoms with van der Waals surface area (Å²) in [5.41, 5.74) is 2.70. The van der Waals surface area contributed by atoms with E-state index >= 15 is 0 Å². The van der Waals surface area contributed by atoms with Crippen molar-refractivity contribution in [2.24, 2.45) is 0 Å². The third kappa shape index (κ3) is 4.21. The number of nitrogens with one attached hydrogen (secondary N) is 1. The minimum absolute atomic E-state index is 0.0695. The van der Waals surface area contributed by atoms with E-state index in [9.17, 15) is 9.18 Å². The van der Waals surface area contributed by atoms with E-state index < -0.39 is 11.7 Å². The molecule has 1 amide bonds. The molecule has 34 heavy (non-hydrogen) atoms. The van der Waals surface area contributed by atoms with E-state index in [4.69, 9.17) is 0 Å². The van der Waals surface area contributed by atoms with Crippen molar-refractivity contribution in [1.29, 1.82) is 0 Å². The van der Waals surface area contributed by atoms with Gasteiger partial charge in [0.15, 0.2) is 5.82 Å². The van der Waals surface area contributed by atoms with Crippen LogP contribution in [0.1, 0.15) is 61.3 Å². The number of hydrogen-bond donors (Lipinski definition) is 1. The van der Waals surface area contributed by atoms with Gasteiger partial charge >= 0.3 is 0 Å². The predicted octanol–water partition coefficient (Wildman–Crippen LogP) is 4.86. The van der Waals surface area contributed by atoms with Crippen LogP contribution in [0.4, 0.5) is 10.2 Å². The summed E-state index contributed by atoms with van der Waals surface area (Å²) in [6.07, 6.45) is 7.46. The standard InChI is InChI=1S/C25H26FN7O/c1-15-10-18(26)17(11-20(15)32-12-21(27-13-32)25(2,3)4)24(34)30-22-7-5-6-19(29-22)23-31-28-14-33(23)16-8-9-16/h5-7,10-14,16H,8-9H2,1-4H3,(H,29,30,34). The first kappa shape index (κ1) is 21.9. The maximum atomic E-state index is 14.8. The second-order valence-corrected chi connectivity index (χ2v) is 9.69. The predicted molar refractivity (Wildman–Crippen MR) is 126 cm³/mol. The maximum absolute atomic E-state index is 14.8. The summed E-state index contributed by atoms with van der Waals surface area (Å²) in [6, 6.07) is 8.56. The number of benzene rings is 1. The molecule has 4 aromatic rings. The van der Waals surface area contributed by atoms with Gasteiger partial charge in [0.05, 0.1) is 23.3 Å². The zero-order valence-electron chi connectivity index (χ0n) is 19.6. The van der Waals surface area contributed by atoms with Crippen LogP contribution in [0.15, 0.2) is 49.2 Å². The fraction of sp³-hybridized carbons (Fsp3) is 0.320. The molecule has 174 valence electrons. The van der Waals surface area contributed by atoms with Crippen LogP contribution in [-0.2, 0) is 5.41 Å². The lowest BCUT2D eigenvalue weighted by Gasteiger charge is -2.15. The Morgan fingerprint density at radius 2 is 1.97 bits per heavy atom. The molecule has 0 unspecified atom stereocenters. The van der Waals surface area contributed by atoms with Crippen LogP contribution < -0.4 is 5.32 Å². The van der Waals surface area contributed by atoms with Gasteiger partial charge in [0.25, 0.3) is 5.91 Å². The zero-order chi connectivity index (χ0) is 24.0. The largest absolute Gasteiger partial charge is 0.309 e. The van der Waals surface area contributed by atoms with Crippen molar-refractivity contribution in [3.05, 3.63) is 71.8 Å². The van der Waals surface area contributed by atoms with Crippen LogP contribution >= 0.6 is 0 Å². The van der Waals surface area contributed by atoms with Crippen molar-refractivity contribution in [2.45, 2.75) is 52.0 Å². The van der Waals surface area contributed by atoms with Gasteiger partial charge in [0, 0.05) is 17.7 Å². The summed E-state index contributed by atoms with van der Waals surface area (Å²) in [5, 5.41) is 10.9. The van der Waals surface area contributed by atoms with Gasteiger partial charge in [0.1, 0.15) is 23.7 Å². The number of amides is 1. The molecule has 1 aliphatic rings. The van der Waals surface area contributed by atoms with Gasteiger partial charge in [-0.1, -0.05) is 26.8 Å². The highest BCUT2D eigenvalue weighted by Crippen LogP contribution is 2.37. The van der Waals surface area contributed by atoms with E-state index in [0.717, 1.165) is 18.5 Å². The number of pyridine rings is 1. The van der Waals surface area contributed by atoms with E-state index in [1.165, 1.54) is 6.07 Å². The van der Waals surface area contributed by atoms with E-state index in [0.29, 0.717) is 34.6 Å². The first-order valence-corrected chi connectivity index (χ1v) is 11.2. The number of imidazole rings is 1. The second kappa shape index (κ2) is 8.16. The Bertz CT molecular complexity index is 1380. The molecule has 0 radical (unpaired) electrons. The number of nitrogens with zero attached hydrogens (tertiary/aromatic N) is 6. The Morgan fingerprint density at radius 3 is 2.68 bits per heavy atom. The summed E-state index contributed by atoms with van der Waals surface area (Å²) in [5.74, 6) is -0.216. The number of anilines is 1. The van der Waals surface area contributed by atoms with Crippen LogP contribution in [0.2, 0.25) is 0 Å². The molecule has 9 heteroatoms. The van der Waals surface area contributed by atoms with Crippen molar-refractivity contribution in [3.63, 3.8) is 0 Å². The van der Waals surface area contributed by atoms with Crippen LogP contribution in [0, 0.1) is 12.7 Å². The lowest BCUT2D eigenvalue weighted by atomic mass is 9.93. The fourth-order valence-electron chi connectivity index (χ4n) is 3.81. The Kier molecular flexibility index (Phi) is 5.27. The topological polar surface area (TPSA) is 90.5 Å². The molecule has 1 N–H and O–H groups in total. The quantitative estimate of drug-likeness (QED) is 0.460. The van der Waals surface area contributed by atoms with Crippen LogP contribution in [-0.4, -0.2) is 35.2 Å². The second-order valence-electron chi connectivity index (χ2n) is 9.69. The molecule has 1 fully saturated rings. The number of carbonyl (C=O) groups excluding carboxylic acids is 1. The first-order valence-electron chi connectivity index (χ1n) is 11.2. The summed E-state index contributed by atoms with van der Waals surface area (Å²) in [6.45, 7) is 8.02. The lowest BCUT2D eigenvalue weighted by molar-refractivity contribution is 0.102. The molecule has 8 nitrogen and oxygen atoms in total. The van der Waals surface area contributed by atoms with Crippen molar-refractivity contribution < 1.29 is 9.18 Å². The molecular formula is C25H26FN7O. The zero-order valence-corrected chi connectivity index (χ0v) is 19.6. The van der Waals surface area contributed by atoms with Crippen molar-refractivity contribution >= 4 is 11.7 Å². The minimum Gasteiger partial charge on any atom is -0.309 e. The number of aromatic nitrogens is 6. The van der Waals surface area contributed by atoms with Crippen LogP contribution in [0.5, 0.6) is 0 Å². The number of halogens is 1. The summed E-state index contributed by atoms with van der Waals surface area (Å²) in [7, 11) is 0. The summed E-state index contributed by atoms with van der Waals surface area (Å²) >= 11 is 0. The smallest absolute Gasteiger partial charge is 0.259 e. The van der Waals surface area contributed by atoms with Gasteiger partial charge in [-0.2, -0.15) is 0 Å². The molecule has 3 aromatic heterocycles. The van der Waals surface area contributed by atoms with Gasteiger partial charge in [-0.05, 0) is 49.6 Å². The lowest BCUT2D eigenvalue weighted by Crippen LogP contribution is -2.16. The molecule has 5 rings (SSSR count). The Hall–Kier alpha value is -3.88. The average Bonchev–Trinajstić information content (AvgIpc) is 3.29. The van der Waals surface area contributed by atoms with Gasteiger partial charge < -0.3 is 14.5 Å². The number of hydrogen-bond acceptors (Lipinski definition) is 5. The van der Waals surface area contributed by atoms with Gasteiger partial charge in [-0.15, -0.1) is 10.2 Å². The monoisotopic (exact) mass is 459 g/mol. The van der Waals surface area contributed by atoms with E-state index in [-0.39, 0.29) is 11.0 Å². The Balaban J connectivity index is 1.43. The van der Waals surface area contributed by atoms with Crippen molar-refractivity contribution in [3.8, 4) is 17.2 Å². The summed E-state index contributed by atoms with van der Waals surface area (Å²) < 4.78 is 18.6. The SMILES string of the molecule is Cc1cc(F)c(C(=O)Nc2cccc(-c3nncn3C3CC3)n2)cc1-n1cnc(C(C)(C)C)c1. The highest BCUT2D eigenvalue weighted by Gasteiger charge is 2.27. The molecule has 3 heterocycles.